The summed E-state index contributed by atoms with van der Waals surface area (Å²) in [5.41, 5.74) is 1.73. The Bertz CT molecular complexity index is 884. The number of hydrogen-bond acceptors (Lipinski definition) is 5. The molecule has 1 atom stereocenters. The molecule has 132 valence electrons. The molecule has 3 rings (SSSR count). The number of nitrogens with one attached hydrogen (secondary N) is 1. The average Bonchev–Trinajstić information content (AvgIpc) is 2.96. The zero-order valence-corrected chi connectivity index (χ0v) is 15.2. The number of anilines is 2. The number of nitrogens with zero attached hydrogens (tertiary/aromatic N) is 2. The highest BCUT2D eigenvalue weighted by atomic mass is 35.5. The minimum absolute atomic E-state index is 0.0153. The number of carbonyl (C=O) groups is 1. The third-order valence-electron chi connectivity index (χ3n) is 4.21. The molecule has 1 aromatic heterocycles. The van der Waals surface area contributed by atoms with Crippen molar-refractivity contribution in [3.8, 4) is 0 Å². The number of aromatic nitrogens is 1. The second-order valence-electron chi connectivity index (χ2n) is 6.01. The van der Waals surface area contributed by atoms with Crippen molar-refractivity contribution in [2.24, 2.45) is 0 Å². The van der Waals surface area contributed by atoms with E-state index in [9.17, 15) is 13.2 Å². The first-order valence-corrected chi connectivity index (χ1v) is 10.0. The van der Waals surface area contributed by atoms with Crippen LogP contribution in [0.3, 0.4) is 0 Å². The lowest BCUT2D eigenvalue weighted by Gasteiger charge is -2.23. The van der Waals surface area contributed by atoms with Crippen LogP contribution in [0.2, 0.25) is 5.02 Å². The largest absolute Gasteiger partial charge is 0.353 e. The monoisotopic (exact) mass is 379 g/mol. The molecule has 1 aliphatic rings. The van der Waals surface area contributed by atoms with Crippen LogP contribution in [0.5, 0.6) is 0 Å². The van der Waals surface area contributed by atoms with Gasteiger partial charge >= 0.3 is 0 Å². The fourth-order valence-corrected chi connectivity index (χ4v) is 4.70. The van der Waals surface area contributed by atoms with E-state index in [0.717, 1.165) is 5.69 Å². The third kappa shape index (κ3) is 4.11. The summed E-state index contributed by atoms with van der Waals surface area (Å²) >= 11 is 6.10. The van der Waals surface area contributed by atoms with Crippen LogP contribution in [-0.2, 0) is 9.84 Å². The van der Waals surface area contributed by atoms with Crippen LogP contribution >= 0.6 is 11.6 Å². The molecule has 2 heterocycles. The van der Waals surface area contributed by atoms with E-state index in [4.69, 9.17) is 11.6 Å². The minimum Gasteiger partial charge on any atom is -0.353 e. The van der Waals surface area contributed by atoms with Gasteiger partial charge in [-0.2, -0.15) is 0 Å². The van der Waals surface area contributed by atoms with Crippen LogP contribution in [0.4, 0.5) is 11.4 Å². The lowest BCUT2D eigenvalue weighted by atomic mass is 10.2. The summed E-state index contributed by atoms with van der Waals surface area (Å²) in [6.07, 6.45) is 2.02. The maximum Gasteiger partial charge on any atom is 0.272 e. The Kier molecular flexibility index (Phi) is 4.96. The molecule has 1 unspecified atom stereocenters. The van der Waals surface area contributed by atoms with Gasteiger partial charge in [-0.1, -0.05) is 23.7 Å². The van der Waals surface area contributed by atoms with Gasteiger partial charge < -0.3 is 10.2 Å². The number of halogens is 1. The van der Waals surface area contributed by atoms with Gasteiger partial charge in [-0.3, -0.25) is 4.79 Å². The molecule has 0 spiro atoms. The first-order valence-electron chi connectivity index (χ1n) is 7.81. The van der Waals surface area contributed by atoms with Gasteiger partial charge in [0.15, 0.2) is 9.84 Å². The Morgan fingerprint density at radius 3 is 2.64 bits per heavy atom. The van der Waals surface area contributed by atoms with E-state index >= 15 is 0 Å². The molecule has 2 aromatic rings. The number of para-hydroxylation sites is 1. The van der Waals surface area contributed by atoms with Crippen molar-refractivity contribution in [3.05, 3.63) is 53.3 Å². The van der Waals surface area contributed by atoms with Gasteiger partial charge in [0.25, 0.3) is 5.91 Å². The van der Waals surface area contributed by atoms with E-state index in [2.05, 4.69) is 10.3 Å². The van der Waals surface area contributed by atoms with Crippen molar-refractivity contribution >= 4 is 38.7 Å². The van der Waals surface area contributed by atoms with Crippen LogP contribution < -0.4 is 5.32 Å². The summed E-state index contributed by atoms with van der Waals surface area (Å²) in [4.78, 5) is 18.1. The molecule has 1 amide bonds. The Morgan fingerprint density at radius 2 is 2.04 bits per heavy atom. The minimum atomic E-state index is -3.04. The first-order chi connectivity index (χ1) is 11.9. The highest BCUT2D eigenvalue weighted by Gasteiger charge is 2.33. The predicted molar refractivity (Wildman–Crippen MR) is 98.1 cm³/mol. The van der Waals surface area contributed by atoms with Crippen LogP contribution in [0.25, 0.3) is 0 Å². The van der Waals surface area contributed by atoms with Gasteiger partial charge in [0.1, 0.15) is 5.69 Å². The molecular weight excluding hydrogens is 362 g/mol. The van der Waals surface area contributed by atoms with E-state index in [0.29, 0.717) is 17.1 Å². The van der Waals surface area contributed by atoms with Crippen LogP contribution in [0.15, 0.2) is 42.6 Å². The van der Waals surface area contributed by atoms with E-state index < -0.39 is 9.84 Å². The van der Waals surface area contributed by atoms with Crippen molar-refractivity contribution in [2.45, 2.75) is 12.5 Å². The predicted octanol–water partition coefficient (Wildman–Crippen LogP) is 2.74. The van der Waals surface area contributed by atoms with Crippen molar-refractivity contribution < 1.29 is 13.2 Å². The third-order valence-corrected chi connectivity index (χ3v) is 6.29. The normalized spacial score (nSPS) is 18.7. The van der Waals surface area contributed by atoms with Gasteiger partial charge in [-0.25, -0.2) is 13.4 Å². The maximum atomic E-state index is 12.5. The lowest BCUT2D eigenvalue weighted by Crippen LogP contribution is -2.38. The Labute approximate surface area is 151 Å². The average molecular weight is 380 g/mol. The van der Waals surface area contributed by atoms with Crippen LogP contribution in [0.1, 0.15) is 16.9 Å². The fourth-order valence-electron chi connectivity index (χ4n) is 2.74. The van der Waals surface area contributed by atoms with E-state index in [1.54, 1.807) is 31.4 Å². The molecule has 1 N–H and O–H groups in total. The van der Waals surface area contributed by atoms with E-state index in [1.807, 2.05) is 18.2 Å². The molecule has 0 aliphatic carbocycles. The number of pyridine rings is 1. The first kappa shape index (κ1) is 17.7. The Balaban J connectivity index is 1.69. The molecule has 0 radical (unpaired) electrons. The summed E-state index contributed by atoms with van der Waals surface area (Å²) in [6, 6.07) is 10.4. The molecule has 1 saturated heterocycles. The van der Waals surface area contributed by atoms with Gasteiger partial charge in [0, 0.05) is 13.1 Å². The van der Waals surface area contributed by atoms with Crippen molar-refractivity contribution in [3.63, 3.8) is 0 Å². The van der Waals surface area contributed by atoms with Gasteiger partial charge in [0.05, 0.1) is 34.1 Å². The highest BCUT2D eigenvalue weighted by molar-refractivity contribution is 7.91. The van der Waals surface area contributed by atoms with Gasteiger partial charge in [-0.05, 0) is 30.7 Å². The number of benzene rings is 1. The Hall–Kier alpha value is -2.12. The van der Waals surface area contributed by atoms with Gasteiger partial charge in [-0.15, -0.1) is 0 Å². The smallest absolute Gasteiger partial charge is 0.272 e. The van der Waals surface area contributed by atoms with Crippen LogP contribution in [-0.4, -0.2) is 48.8 Å². The fraction of sp³-hybridized carbons (Fsp3) is 0.294. The molecule has 1 aliphatic heterocycles. The second-order valence-corrected chi connectivity index (χ2v) is 8.65. The molecule has 25 heavy (non-hydrogen) atoms. The number of amides is 1. The maximum absolute atomic E-state index is 12.5. The molecule has 8 heteroatoms. The summed E-state index contributed by atoms with van der Waals surface area (Å²) in [5.74, 6) is -0.142. The zero-order valence-electron chi connectivity index (χ0n) is 13.6. The summed E-state index contributed by atoms with van der Waals surface area (Å²) in [7, 11) is -1.42. The SMILES string of the molecule is CN(C(=O)c1ccc(Nc2ccccc2Cl)cn1)C1CCS(=O)(=O)C1. The second kappa shape index (κ2) is 7.01. The van der Waals surface area contributed by atoms with E-state index in [-0.39, 0.29) is 29.1 Å². The molecule has 0 saturated carbocycles. The summed E-state index contributed by atoms with van der Waals surface area (Å²) in [5, 5.41) is 3.72. The number of sulfone groups is 1. The number of rotatable bonds is 4. The number of hydrogen-bond donors (Lipinski definition) is 1. The van der Waals surface area contributed by atoms with Gasteiger partial charge in [0.2, 0.25) is 0 Å². The summed E-state index contributed by atoms with van der Waals surface area (Å²) < 4.78 is 23.2. The van der Waals surface area contributed by atoms with Crippen LogP contribution in [0, 0.1) is 0 Å². The lowest BCUT2D eigenvalue weighted by molar-refractivity contribution is 0.0742. The Morgan fingerprint density at radius 1 is 1.28 bits per heavy atom. The van der Waals surface area contributed by atoms with Crippen molar-refractivity contribution in [1.82, 2.24) is 9.88 Å². The zero-order chi connectivity index (χ0) is 18.0. The standard InChI is InChI=1S/C17H18ClN3O3S/c1-21(13-8-9-25(23,24)11-13)17(22)16-7-6-12(10-19-16)20-15-5-3-2-4-14(15)18/h2-7,10,13,20H,8-9,11H2,1H3. The quantitative estimate of drug-likeness (QED) is 0.883. The van der Waals surface area contributed by atoms with E-state index in [1.165, 1.54) is 4.90 Å². The molecule has 1 fully saturated rings. The number of carbonyl (C=O) groups excluding carboxylic acids is 1. The molecule has 1 aromatic carbocycles. The highest BCUT2D eigenvalue weighted by Crippen LogP contribution is 2.24. The molecule has 6 nitrogen and oxygen atoms in total. The van der Waals surface area contributed by atoms with Crippen molar-refractivity contribution in [1.29, 1.82) is 0 Å². The topological polar surface area (TPSA) is 79.4 Å². The molecule has 0 bridgehead atoms. The van der Waals surface area contributed by atoms with Crippen molar-refractivity contribution in [2.75, 3.05) is 23.9 Å². The molecular formula is C17H18ClN3O3S. The summed E-state index contributed by atoms with van der Waals surface area (Å²) in [6.45, 7) is 0.